The molecule has 3 aromatic rings. The number of aryl methyl sites for hydroxylation is 1. The maximum Gasteiger partial charge on any atom is 0.417 e. The number of rotatable bonds is 5. The molecule has 0 N–H and O–H groups in total. The lowest BCUT2D eigenvalue weighted by molar-refractivity contribution is -0.137. The number of benzene rings is 2. The third kappa shape index (κ3) is 4.91. The molecule has 8 heteroatoms. The summed E-state index contributed by atoms with van der Waals surface area (Å²) in [5.41, 5.74) is 1.61. The second-order valence-corrected chi connectivity index (χ2v) is 7.71. The Morgan fingerprint density at radius 3 is 2.45 bits per heavy atom. The van der Waals surface area contributed by atoms with E-state index >= 15 is 0 Å². The number of anilines is 2. The molecule has 2 aromatic carbocycles. The minimum Gasteiger partial charge on any atom is -0.289 e. The van der Waals surface area contributed by atoms with Crippen LogP contribution in [0.4, 0.5) is 24.0 Å². The number of alkyl halides is 3. The van der Waals surface area contributed by atoms with Crippen molar-refractivity contribution in [1.29, 1.82) is 0 Å². The Labute approximate surface area is 181 Å². The van der Waals surface area contributed by atoms with Gasteiger partial charge in [-0.2, -0.15) is 13.2 Å². The largest absolute Gasteiger partial charge is 0.417 e. The van der Waals surface area contributed by atoms with Crippen LogP contribution in [-0.4, -0.2) is 16.7 Å². The molecule has 160 valence electrons. The molecule has 0 bridgehead atoms. The van der Waals surface area contributed by atoms with Crippen LogP contribution in [0.1, 0.15) is 39.7 Å². The molecule has 0 radical (unpaired) electrons. The number of carbonyl (C=O) groups excluding carboxylic acids is 2. The number of aromatic nitrogens is 1. The van der Waals surface area contributed by atoms with E-state index < -0.39 is 23.1 Å². The molecule has 31 heavy (non-hydrogen) atoms. The molecule has 0 saturated heterocycles. The molecule has 0 spiro atoms. The van der Waals surface area contributed by atoms with Gasteiger partial charge in [-0.25, -0.2) is 4.98 Å². The Morgan fingerprint density at radius 2 is 1.77 bits per heavy atom. The summed E-state index contributed by atoms with van der Waals surface area (Å²) < 4.78 is 39.4. The first-order valence-corrected chi connectivity index (χ1v) is 10.2. The second-order valence-electron chi connectivity index (χ2n) is 6.87. The van der Waals surface area contributed by atoms with E-state index in [1.807, 2.05) is 32.0 Å². The lowest BCUT2D eigenvalue weighted by atomic mass is 10.0. The highest BCUT2D eigenvalue weighted by Crippen LogP contribution is 2.34. The van der Waals surface area contributed by atoms with Crippen LogP contribution in [0, 0.1) is 13.8 Å². The molecule has 0 aliphatic rings. The van der Waals surface area contributed by atoms with E-state index in [1.165, 1.54) is 41.4 Å². The molecule has 0 fully saturated rings. The van der Waals surface area contributed by atoms with Gasteiger partial charge in [-0.1, -0.05) is 30.3 Å². The number of hydrogen-bond donors (Lipinski definition) is 0. The van der Waals surface area contributed by atoms with E-state index in [2.05, 4.69) is 4.98 Å². The zero-order valence-electron chi connectivity index (χ0n) is 17.0. The molecule has 1 amide bonds. The maximum absolute atomic E-state index is 13.1. The summed E-state index contributed by atoms with van der Waals surface area (Å²) in [5, 5.41) is 2.04. The molecule has 4 nitrogen and oxygen atoms in total. The Bertz CT molecular complexity index is 1170. The van der Waals surface area contributed by atoms with Crippen LogP contribution >= 0.6 is 11.3 Å². The predicted octanol–water partition coefficient (Wildman–Crippen LogP) is 6.36. The normalized spacial score (nSPS) is 11.7. The molecule has 0 aliphatic carbocycles. The third-order valence-electron chi connectivity index (χ3n) is 4.74. The molecule has 0 saturated carbocycles. The SMILES string of the molecule is CC(=O)N(c1nc(/C=C/C(=O)c2ccccc2C(F)(F)F)cs1)c1cccc(C)c1C. The maximum atomic E-state index is 13.1. The number of nitrogens with zero attached hydrogens (tertiary/aromatic N) is 2. The lowest BCUT2D eigenvalue weighted by Crippen LogP contribution is -2.23. The molecular formula is C23H19F3N2O2S. The Hall–Kier alpha value is -3.26. The van der Waals surface area contributed by atoms with Crippen molar-refractivity contribution in [2.75, 3.05) is 4.90 Å². The van der Waals surface area contributed by atoms with E-state index in [-0.39, 0.29) is 5.91 Å². The number of carbonyl (C=O) groups is 2. The van der Waals surface area contributed by atoms with Crippen LogP contribution in [0.2, 0.25) is 0 Å². The van der Waals surface area contributed by atoms with E-state index in [0.717, 1.165) is 29.3 Å². The molecule has 1 aromatic heterocycles. The van der Waals surface area contributed by atoms with Gasteiger partial charge in [-0.15, -0.1) is 11.3 Å². The Morgan fingerprint density at radius 1 is 1.06 bits per heavy atom. The summed E-state index contributed by atoms with van der Waals surface area (Å²) >= 11 is 1.20. The van der Waals surface area contributed by atoms with E-state index in [1.54, 1.807) is 5.38 Å². The van der Waals surface area contributed by atoms with Gasteiger partial charge in [0.15, 0.2) is 10.9 Å². The van der Waals surface area contributed by atoms with Gasteiger partial charge in [-0.05, 0) is 49.3 Å². The molecule has 3 rings (SSSR count). The van der Waals surface area contributed by atoms with Crippen molar-refractivity contribution >= 4 is 39.9 Å². The van der Waals surface area contributed by atoms with Crippen molar-refractivity contribution in [3.8, 4) is 0 Å². The number of amides is 1. The van der Waals surface area contributed by atoms with Gasteiger partial charge in [0.25, 0.3) is 0 Å². The van der Waals surface area contributed by atoms with Crippen LogP contribution < -0.4 is 4.90 Å². The number of ketones is 1. The number of thiazole rings is 1. The Balaban J connectivity index is 1.89. The zero-order chi connectivity index (χ0) is 22.8. The Kier molecular flexibility index (Phi) is 6.40. The van der Waals surface area contributed by atoms with E-state index in [0.29, 0.717) is 16.5 Å². The number of halogens is 3. The fraction of sp³-hybridized carbons (Fsp3) is 0.174. The molecule has 0 unspecified atom stereocenters. The summed E-state index contributed by atoms with van der Waals surface area (Å²) in [6.45, 7) is 5.28. The van der Waals surface area contributed by atoms with E-state index in [9.17, 15) is 22.8 Å². The van der Waals surface area contributed by atoms with Gasteiger partial charge in [0.2, 0.25) is 5.91 Å². The molecular weight excluding hydrogens is 425 g/mol. The fourth-order valence-electron chi connectivity index (χ4n) is 3.04. The summed E-state index contributed by atoms with van der Waals surface area (Å²) in [6.07, 6.45) is -2.22. The van der Waals surface area contributed by atoms with Gasteiger partial charge in [-0.3, -0.25) is 14.5 Å². The monoisotopic (exact) mass is 444 g/mol. The van der Waals surface area contributed by atoms with Crippen LogP contribution in [0.3, 0.4) is 0 Å². The van der Waals surface area contributed by atoms with Crippen molar-refractivity contribution in [3.63, 3.8) is 0 Å². The van der Waals surface area contributed by atoms with Crippen molar-refractivity contribution in [2.45, 2.75) is 26.9 Å². The van der Waals surface area contributed by atoms with Crippen molar-refractivity contribution < 1.29 is 22.8 Å². The fourth-order valence-corrected chi connectivity index (χ4v) is 3.88. The standard InChI is InChI=1S/C23H19F3N2O2S/c1-14-7-6-10-20(15(14)2)28(16(3)29)22-27-17(13-31-22)11-12-21(30)18-8-4-5-9-19(18)23(24,25)26/h4-13H,1-3H3/b12-11+. The summed E-state index contributed by atoms with van der Waals surface area (Å²) in [4.78, 5) is 30.5. The average molecular weight is 444 g/mol. The van der Waals surface area contributed by atoms with E-state index in [4.69, 9.17) is 0 Å². The first-order valence-electron chi connectivity index (χ1n) is 9.30. The predicted molar refractivity (Wildman–Crippen MR) is 116 cm³/mol. The van der Waals surface area contributed by atoms with Crippen molar-refractivity contribution in [3.05, 3.63) is 81.9 Å². The summed E-state index contributed by atoms with van der Waals surface area (Å²) in [5.74, 6) is -1.01. The van der Waals surface area contributed by atoms with Gasteiger partial charge >= 0.3 is 6.18 Å². The van der Waals surface area contributed by atoms with Gasteiger partial charge in [0.05, 0.1) is 16.9 Å². The van der Waals surface area contributed by atoms with Gasteiger partial charge in [0, 0.05) is 17.9 Å². The first-order chi connectivity index (χ1) is 14.6. The molecule has 0 aliphatic heterocycles. The van der Waals surface area contributed by atoms with Crippen LogP contribution in [0.5, 0.6) is 0 Å². The van der Waals surface area contributed by atoms with Crippen LogP contribution in [0.25, 0.3) is 6.08 Å². The minimum atomic E-state index is -4.62. The minimum absolute atomic E-state index is 0.228. The highest BCUT2D eigenvalue weighted by molar-refractivity contribution is 7.14. The highest BCUT2D eigenvalue weighted by atomic mass is 32.1. The zero-order valence-corrected chi connectivity index (χ0v) is 17.8. The van der Waals surface area contributed by atoms with Gasteiger partial charge < -0.3 is 0 Å². The number of allylic oxidation sites excluding steroid dienone is 1. The quantitative estimate of drug-likeness (QED) is 0.340. The smallest absolute Gasteiger partial charge is 0.289 e. The highest BCUT2D eigenvalue weighted by Gasteiger charge is 2.34. The van der Waals surface area contributed by atoms with Gasteiger partial charge in [0.1, 0.15) is 0 Å². The van der Waals surface area contributed by atoms with Crippen LogP contribution in [-0.2, 0) is 11.0 Å². The van der Waals surface area contributed by atoms with Crippen molar-refractivity contribution in [1.82, 2.24) is 4.98 Å². The topological polar surface area (TPSA) is 50.3 Å². The second kappa shape index (κ2) is 8.85. The summed E-state index contributed by atoms with van der Waals surface area (Å²) in [7, 11) is 0. The first kappa shape index (κ1) is 22.4. The molecule has 1 heterocycles. The summed E-state index contributed by atoms with van der Waals surface area (Å²) in [6, 6.07) is 10.2. The van der Waals surface area contributed by atoms with Crippen molar-refractivity contribution in [2.24, 2.45) is 0 Å². The average Bonchev–Trinajstić information content (AvgIpc) is 3.17. The van der Waals surface area contributed by atoms with Crippen LogP contribution in [0.15, 0.2) is 53.9 Å². The number of hydrogen-bond acceptors (Lipinski definition) is 4. The third-order valence-corrected chi connectivity index (χ3v) is 5.58. The lowest BCUT2D eigenvalue weighted by Gasteiger charge is -2.21. The molecule has 0 atom stereocenters.